The number of nitrogens with one attached hydrogen (secondary N) is 2. The van der Waals surface area contributed by atoms with Crippen LogP contribution in [-0.4, -0.2) is 54.6 Å². The molecule has 0 unspecified atom stereocenters. The summed E-state index contributed by atoms with van der Waals surface area (Å²) < 4.78 is 64.2. The molecule has 1 aliphatic rings. The molecule has 0 atom stereocenters. The molecule has 2 rings (SSSR count). The summed E-state index contributed by atoms with van der Waals surface area (Å²) in [5.41, 5.74) is -1.35. The molecule has 1 amide bonds. The molecular weight excluding hydrogens is 382 g/mol. The number of amides is 1. The van der Waals surface area contributed by atoms with Gasteiger partial charge in [0.25, 0.3) is 0 Å². The molecule has 1 aromatic heterocycles. The molecule has 1 aromatic rings. The Labute approximate surface area is 172 Å². The number of rotatable bonds is 5. The minimum atomic E-state index is -4.65. The van der Waals surface area contributed by atoms with Crippen LogP contribution in [0.3, 0.4) is 0 Å². The van der Waals surface area contributed by atoms with Crippen LogP contribution in [0.25, 0.3) is 0 Å². The Morgan fingerprint density at radius 3 is 2.42 bits per heavy atom. The third kappa shape index (κ3) is 6.40. The second-order valence-electron chi connectivity index (χ2n) is 5.95. The number of pyridine rings is 1. The topological polar surface area (TPSA) is 88.2 Å². The first-order valence-electron chi connectivity index (χ1n) is 8.01. The molecule has 1 aliphatic carbocycles. The first kappa shape index (κ1) is 23.2. The summed E-state index contributed by atoms with van der Waals surface area (Å²) >= 11 is 0. The molecule has 1 fully saturated rings. The van der Waals surface area contributed by atoms with Gasteiger partial charge in [0, 0.05) is 12.1 Å². The van der Waals surface area contributed by atoms with Crippen LogP contribution in [-0.2, 0) is 21.0 Å². The number of alkyl halides is 3. The number of anilines is 2. The zero-order chi connectivity index (χ0) is 18.7. The van der Waals surface area contributed by atoms with Crippen LogP contribution in [0.2, 0.25) is 0 Å². The van der Waals surface area contributed by atoms with E-state index >= 15 is 0 Å². The number of nitrogens with zero attached hydrogens (tertiary/aromatic N) is 1. The number of hydrogen-bond acceptors (Lipinski definition) is 4. The van der Waals surface area contributed by atoms with Gasteiger partial charge in [-0.2, -0.15) is 13.2 Å². The Kier molecular flexibility index (Phi) is 8.37. The van der Waals surface area contributed by atoms with Crippen molar-refractivity contribution >= 4 is 57.0 Å². The number of halogens is 3. The van der Waals surface area contributed by atoms with Crippen LogP contribution >= 0.6 is 0 Å². The number of hydrogen-bond donors (Lipinski definition) is 2. The van der Waals surface area contributed by atoms with Gasteiger partial charge in [0.2, 0.25) is 15.9 Å². The van der Waals surface area contributed by atoms with E-state index in [1.165, 1.54) is 6.92 Å². The quantitative estimate of drug-likeness (QED) is 0.740. The summed E-state index contributed by atoms with van der Waals surface area (Å²) in [5, 5.41) is 2.41. The summed E-state index contributed by atoms with van der Waals surface area (Å²) in [6, 6.07) is 0.696. The van der Waals surface area contributed by atoms with E-state index in [0.717, 1.165) is 19.3 Å². The molecule has 1 saturated carbocycles. The molecule has 0 aliphatic heterocycles. The van der Waals surface area contributed by atoms with Crippen molar-refractivity contribution in [2.75, 3.05) is 15.8 Å². The molecular formula is C15H21F3N3NaO3S. The predicted octanol–water partition coefficient (Wildman–Crippen LogP) is 2.73. The summed E-state index contributed by atoms with van der Waals surface area (Å²) in [6.45, 7) is 1.38. The van der Waals surface area contributed by atoms with Crippen LogP contribution in [0.4, 0.5) is 24.7 Å². The van der Waals surface area contributed by atoms with E-state index in [4.69, 9.17) is 0 Å². The molecule has 26 heavy (non-hydrogen) atoms. The molecule has 142 valence electrons. The van der Waals surface area contributed by atoms with Gasteiger partial charge in [-0.3, -0.25) is 9.52 Å². The normalized spacial score (nSPS) is 15.8. The summed E-state index contributed by atoms with van der Waals surface area (Å²) in [5.74, 6) is -1.30. The molecule has 0 aromatic carbocycles. The Bertz CT molecular complexity index is 735. The van der Waals surface area contributed by atoms with Gasteiger partial charge >= 0.3 is 35.7 Å². The van der Waals surface area contributed by atoms with Crippen molar-refractivity contribution in [3.63, 3.8) is 0 Å². The van der Waals surface area contributed by atoms with Crippen molar-refractivity contribution in [2.45, 2.75) is 45.2 Å². The second-order valence-corrected chi connectivity index (χ2v) is 7.96. The summed E-state index contributed by atoms with van der Waals surface area (Å²) in [7, 11) is -3.75. The molecule has 0 bridgehead atoms. The van der Waals surface area contributed by atoms with Crippen LogP contribution in [0.5, 0.6) is 0 Å². The van der Waals surface area contributed by atoms with E-state index in [-0.39, 0.29) is 52.7 Å². The van der Waals surface area contributed by atoms with E-state index in [2.05, 4.69) is 15.0 Å². The maximum absolute atomic E-state index is 12.9. The van der Waals surface area contributed by atoms with Gasteiger partial charge in [-0.1, -0.05) is 19.3 Å². The van der Waals surface area contributed by atoms with Crippen molar-refractivity contribution in [1.82, 2.24) is 4.98 Å². The van der Waals surface area contributed by atoms with Crippen LogP contribution in [0.15, 0.2) is 12.3 Å². The summed E-state index contributed by atoms with van der Waals surface area (Å²) in [6.07, 6.45) is -0.00924. The van der Waals surface area contributed by atoms with Crippen LogP contribution < -0.4 is 10.0 Å². The fraction of sp³-hybridized carbons (Fsp3) is 0.600. The average Bonchev–Trinajstić information content (AvgIpc) is 2.56. The number of sulfonamides is 1. The van der Waals surface area contributed by atoms with E-state index < -0.39 is 27.7 Å². The standard InChI is InChI=1S/C15H20F3N3O3S.Na.H/c1-2-25(23,24)21-13-12(8-11(9-19-13)15(16,17)18)20-14(22)10-6-4-3-5-7-10;;/h8-10H,2-7H2,1H3,(H,19,21)(H,20,22);;. The fourth-order valence-corrected chi connectivity index (χ4v) is 3.22. The molecule has 0 saturated heterocycles. The molecule has 0 radical (unpaired) electrons. The number of carbonyl (C=O) groups is 1. The third-order valence-corrected chi connectivity index (χ3v) is 5.35. The number of aromatic nitrogens is 1. The molecule has 6 nitrogen and oxygen atoms in total. The summed E-state index contributed by atoms with van der Waals surface area (Å²) in [4.78, 5) is 15.9. The van der Waals surface area contributed by atoms with E-state index in [1.807, 2.05) is 0 Å². The van der Waals surface area contributed by atoms with Crippen molar-refractivity contribution in [1.29, 1.82) is 0 Å². The molecule has 0 spiro atoms. The predicted molar refractivity (Wildman–Crippen MR) is 94.7 cm³/mol. The van der Waals surface area contributed by atoms with Gasteiger partial charge in [0.15, 0.2) is 5.82 Å². The Hall–Kier alpha value is -0.840. The maximum atomic E-state index is 12.9. The van der Waals surface area contributed by atoms with E-state index in [1.54, 1.807) is 0 Å². The Balaban J connectivity index is 0.00000338. The zero-order valence-corrected chi connectivity index (χ0v) is 14.5. The van der Waals surface area contributed by atoms with Crippen molar-refractivity contribution in [2.24, 2.45) is 5.92 Å². The first-order valence-corrected chi connectivity index (χ1v) is 9.66. The van der Waals surface area contributed by atoms with Gasteiger partial charge in [-0.25, -0.2) is 13.4 Å². The fourth-order valence-electron chi connectivity index (χ4n) is 2.62. The van der Waals surface area contributed by atoms with Gasteiger partial charge in [-0.15, -0.1) is 0 Å². The molecule has 2 N–H and O–H groups in total. The van der Waals surface area contributed by atoms with Crippen LogP contribution in [0.1, 0.15) is 44.6 Å². The Morgan fingerprint density at radius 2 is 1.88 bits per heavy atom. The van der Waals surface area contributed by atoms with Crippen LogP contribution in [0, 0.1) is 5.92 Å². The Morgan fingerprint density at radius 1 is 1.27 bits per heavy atom. The zero-order valence-electron chi connectivity index (χ0n) is 13.7. The van der Waals surface area contributed by atoms with Crippen molar-refractivity contribution in [3.8, 4) is 0 Å². The van der Waals surface area contributed by atoms with Gasteiger partial charge in [0.1, 0.15) is 0 Å². The second kappa shape index (κ2) is 9.38. The van der Waals surface area contributed by atoms with Gasteiger partial charge in [0.05, 0.1) is 17.0 Å². The van der Waals surface area contributed by atoms with Gasteiger partial charge < -0.3 is 5.32 Å². The molecule has 1 heterocycles. The van der Waals surface area contributed by atoms with E-state index in [9.17, 15) is 26.4 Å². The third-order valence-electron chi connectivity index (χ3n) is 4.08. The minimum absolute atomic E-state index is 0. The monoisotopic (exact) mass is 403 g/mol. The molecule has 11 heteroatoms. The van der Waals surface area contributed by atoms with E-state index in [0.29, 0.717) is 25.1 Å². The number of carbonyl (C=O) groups excluding carboxylic acids is 1. The van der Waals surface area contributed by atoms with Gasteiger partial charge in [-0.05, 0) is 25.8 Å². The SMILES string of the molecule is CCS(=O)(=O)Nc1ncc(C(F)(F)F)cc1NC(=O)C1CCCCC1.[NaH]. The van der Waals surface area contributed by atoms with Crippen molar-refractivity contribution in [3.05, 3.63) is 17.8 Å². The van der Waals surface area contributed by atoms with Crippen molar-refractivity contribution < 1.29 is 26.4 Å². The average molecular weight is 403 g/mol. The first-order chi connectivity index (χ1) is 11.6.